The number of nitrogens with one attached hydrogen (secondary N) is 1. The van der Waals surface area contributed by atoms with Crippen LogP contribution in [0.5, 0.6) is 0 Å². The van der Waals surface area contributed by atoms with Gasteiger partial charge in [-0.25, -0.2) is 4.39 Å². The number of amides is 1. The largest absolute Gasteiger partial charge is 0.334 e. The summed E-state index contributed by atoms with van der Waals surface area (Å²) in [5.74, 6) is -0.463. The van der Waals surface area contributed by atoms with Gasteiger partial charge in [0, 0.05) is 24.4 Å². The van der Waals surface area contributed by atoms with E-state index in [1.165, 1.54) is 19.1 Å². The molecular weight excluding hydrogens is 331 g/mol. The van der Waals surface area contributed by atoms with Crippen LogP contribution in [0, 0.1) is 19.7 Å². The molecule has 0 spiro atoms. The van der Waals surface area contributed by atoms with Gasteiger partial charge in [-0.1, -0.05) is 24.3 Å². The lowest BCUT2D eigenvalue weighted by atomic mass is 10.0. The highest BCUT2D eigenvalue weighted by atomic mass is 19.1. The first-order valence-corrected chi connectivity index (χ1v) is 8.47. The number of pyridine rings is 1. The molecule has 134 valence electrons. The Bertz CT molecular complexity index is 1020. The zero-order valence-electron chi connectivity index (χ0n) is 15.1. The molecule has 1 N–H and O–H groups in total. The molecule has 0 aliphatic rings. The van der Waals surface area contributed by atoms with Crippen molar-refractivity contribution in [2.45, 2.75) is 33.9 Å². The number of halogens is 1. The molecule has 26 heavy (non-hydrogen) atoms. The van der Waals surface area contributed by atoms with Crippen molar-refractivity contribution in [2.24, 2.45) is 0 Å². The van der Waals surface area contributed by atoms with Crippen LogP contribution in [-0.4, -0.2) is 15.8 Å². The average molecular weight is 352 g/mol. The summed E-state index contributed by atoms with van der Waals surface area (Å²) in [6.07, 6.45) is 0. The summed E-state index contributed by atoms with van der Waals surface area (Å²) < 4.78 is 13.1. The fraction of sp³-hybridized carbons (Fsp3) is 0.238. The van der Waals surface area contributed by atoms with Crippen LogP contribution in [0.4, 0.5) is 4.39 Å². The Morgan fingerprint density at radius 3 is 2.35 bits per heavy atom. The number of fused-ring (bicyclic) bond motifs is 1. The number of rotatable bonds is 4. The topological polar surface area (TPSA) is 53.2 Å². The van der Waals surface area contributed by atoms with Crippen LogP contribution in [0.3, 0.4) is 0 Å². The van der Waals surface area contributed by atoms with Gasteiger partial charge < -0.3 is 9.88 Å². The van der Waals surface area contributed by atoms with Crippen molar-refractivity contribution in [1.82, 2.24) is 9.88 Å². The maximum absolute atomic E-state index is 13.1. The number of aromatic nitrogens is 1. The van der Waals surface area contributed by atoms with Crippen LogP contribution in [0.1, 0.15) is 29.2 Å². The molecule has 3 aromatic rings. The lowest BCUT2D eigenvalue weighted by Gasteiger charge is -2.21. The minimum absolute atomic E-state index is 0.144. The van der Waals surface area contributed by atoms with Crippen LogP contribution in [0.15, 0.2) is 47.3 Å². The van der Waals surface area contributed by atoms with Gasteiger partial charge in [0.15, 0.2) is 0 Å². The van der Waals surface area contributed by atoms with Gasteiger partial charge in [0.25, 0.3) is 5.56 Å². The van der Waals surface area contributed by atoms with Gasteiger partial charge in [-0.2, -0.15) is 0 Å². The van der Waals surface area contributed by atoms with E-state index in [2.05, 4.69) is 4.98 Å². The minimum atomic E-state index is -0.319. The fourth-order valence-corrected chi connectivity index (χ4v) is 3.03. The molecule has 0 fully saturated rings. The predicted octanol–water partition coefficient (Wildman–Crippen LogP) is 3.83. The third-order valence-corrected chi connectivity index (χ3v) is 4.61. The van der Waals surface area contributed by atoms with Crippen molar-refractivity contribution >= 4 is 16.8 Å². The Morgan fingerprint density at radius 2 is 1.69 bits per heavy atom. The second kappa shape index (κ2) is 7.12. The monoisotopic (exact) mass is 352 g/mol. The molecule has 2 aromatic carbocycles. The van der Waals surface area contributed by atoms with Gasteiger partial charge in [-0.05, 0) is 48.7 Å². The van der Waals surface area contributed by atoms with Crippen LogP contribution >= 0.6 is 0 Å². The van der Waals surface area contributed by atoms with Gasteiger partial charge in [0.1, 0.15) is 5.82 Å². The Balaban J connectivity index is 1.95. The maximum atomic E-state index is 13.1. The molecule has 1 heterocycles. The van der Waals surface area contributed by atoms with Crippen LogP contribution in [0.25, 0.3) is 10.9 Å². The van der Waals surface area contributed by atoms with E-state index in [0.717, 1.165) is 27.6 Å². The standard InChI is InChI=1S/C21H21FN2O2/c1-13-4-5-14(2)20-19(13)10-17(21(26)23-20)12-24(15(3)25)11-16-6-8-18(22)9-7-16/h4-10H,11-12H2,1-3H3,(H,23,26). The number of carbonyl (C=O) groups excluding carboxylic acids is 1. The summed E-state index contributed by atoms with van der Waals surface area (Å²) >= 11 is 0. The first-order valence-electron chi connectivity index (χ1n) is 8.47. The number of aromatic amines is 1. The number of benzene rings is 2. The lowest BCUT2D eigenvalue weighted by Crippen LogP contribution is -2.30. The molecule has 0 saturated heterocycles. The van der Waals surface area contributed by atoms with Crippen molar-refractivity contribution < 1.29 is 9.18 Å². The lowest BCUT2D eigenvalue weighted by molar-refractivity contribution is -0.130. The van der Waals surface area contributed by atoms with Gasteiger partial charge in [0.05, 0.1) is 12.1 Å². The number of H-pyrrole nitrogens is 1. The van der Waals surface area contributed by atoms with E-state index in [1.54, 1.807) is 17.0 Å². The molecule has 0 bridgehead atoms. The molecule has 0 aliphatic carbocycles. The van der Waals surface area contributed by atoms with Crippen LogP contribution < -0.4 is 5.56 Å². The summed E-state index contributed by atoms with van der Waals surface area (Å²) in [6, 6.07) is 11.9. The van der Waals surface area contributed by atoms with Gasteiger partial charge in [0.2, 0.25) is 5.91 Å². The maximum Gasteiger partial charge on any atom is 0.253 e. The second-order valence-electron chi connectivity index (χ2n) is 6.61. The summed E-state index contributed by atoms with van der Waals surface area (Å²) in [5, 5.41) is 0.977. The summed E-state index contributed by atoms with van der Waals surface area (Å²) in [7, 11) is 0. The van der Waals surface area contributed by atoms with Crippen molar-refractivity contribution in [2.75, 3.05) is 0 Å². The average Bonchev–Trinajstić information content (AvgIpc) is 2.60. The quantitative estimate of drug-likeness (QED) is 0.776. The smallest absolute Gasteiger partial charge is 0.253 e. The first-order chi connectivity index (χ1) is 12.3. The molecular formula is C21H21FN2O2. The molecule has 4 nitrogen and oxygen atoms in total. The molecule has 0 unspecified atom stereocenters. The normalized spacial score (nSPS) is 10.9. The second-order valence-corrected chi connectivity index (χ2v) is 6.61. The Hall–Kier alpha value is -2.95. The SMILES string of the molecule is CC(=O)N(Cc1ccc(F)cc1)Cc1cc2c(C)ccc(C)c2[nH]c1=O. The number of carbonyl (C=O) groups is 1. The zero-order valence-corrected chi connectivity index (χ0v) is 15.1. The molecule has 0 saturated carbocycles. The number of hydrogen-bond donors (Lipinski definition) is 1. The van der Waals surface area contributed by atoms with E-state index in [1.807, 2.05) is 32.0 Å². The minimum Gasteiger partial charge on any atom is -0.334 e. The van der Waals surface area contributed by atoms with E-state index >= 15 is 0 Å². The predicted molar refractivity (Wildman–Crippen MR) is 100 cm³/mol. The number of aryl methyl sites for hydroxylation is 2. The van der Waals surface area contributed by atoms with E-state index in [0.29, 0.717) is 12.1 Å². The summed E-state index contributed by atoms with van der Waals surface area (Å²) in [6.45, 7) is 5.93. The highest BCUT2D eigenvalue weighted by Gasteiger charge is 2.14. The highest BCUT2D eigenvalue weighted by molar-refractivity contribution is 5.85. The van der Waals surface area contributed by atoms with Gasteiger partial charge in [-0.3, -0.25) is 9.59 Å². The Kier molecular flexibility index (Phi) is 4.89. The van der Waals surface area contributed by atoms with Crippen molar-refractivity contribution in [3.05, 3.63) is 80.9 Å². The third kappa shape index (κ3) is 3.67. The van der Waals surface area contributed by atoms with E-state index < -0.39 is 0 Å². The van der Waals surface area contributed by atoms with E-state index in [9.17, 15) is 14.0 Å². The van der Waals surface area contributed by atoms with Crippen LogP contribution in [-0.2, 0) is 17.9 Å². The van der Waals surface area contributed by atoms with Crippen LogP contribution in [0.2, 0.25) is 0 Å². The zero-order chi connectivity index (χ0) is 18.8. The fourth-order valence-electron chi connectivity index (χ4n) is 3.03. The first kappa shape index (κ1) is 17.9. The molecule has 0 radical (unpaired) electrons. The molecule has 1 aromatic heterocycles. The highest BCUT2D eigenvalue weighted by Crippen LogP contribution is 2.20. The van der Waals surface area contributed by atoms with Gasteiger partial charge in [-0.15, -0.1) is 0 Å². The van der Waals surface area contributed by atoms with Gasteiger partial charge >= 0.3 is 0 Å². The summed E-state index contributed by atoms with van der Waals surface area (Å²) in [4.78, 5) is 29.1. The Labute approximate surface area is 151 Å². The molecule has 0 aliphatic heterocycles. The number of hydrogen-bond acceptors (Lipinski definition) is 2. The summed E-state index contributed by atoms with van der Waals surface area (Å²) in [5.41, 5.74) is 4.04. The molecule has 0 atom stereocenters. The number of nitrogens with zero attached hydrogens (tertiary/aromatic N) is 1. The van der Waals surface area contributed by atoms with E-state index in [-0.39, 0.29) is 23.8 Å². The Morgan fingerprint density at radius 1 is 1.04 bits per heavy atom. The third-order valence-electron chi connectivity index (χ3n) is 4.61. The van der Waals surface area contributed by atoms with Crippen molar-refractivity contribution in [3.8, 4) is 0 Å². The molecule has 5 heteroatoms. The molecule has 3 rings (SSSR count). The van der Waals surface area contributed by atoms with Crippen molar-refractivity contribution in [1.29, 1.82) is 0 Å². The van der Waals surface area contributed by atoms with E-state index in [4.69, 9.17) is 0 Å². The molecule has 1 amide bonds. The van der Waals surface area contributed by atoms with Crippen molar-refractivity contribution in [3.63, 3.8) is 0 Å².